The highest BCUT2D eigenvalue weighted by Crippen LogP contribution is 2.43. The zero-order valence-electron chi connectivity index (χ0n) is 47.6. The molecule has 0 saturated carbocycles. The van der Waals surface area contributed by atoms with E-state index in [4.69, 9.17) is 18.5 Å². The summed E-state index contributed by atoms with van der Waals surface area (Å²) in [5, 5.41) is 0. The fraction of sp³-hybridized carbons (Fsp3) is 0.714. The van der Waals surface area contributed by atoms with Crippen molar-refractivity contribution in [3.05, 3.63) is 97.2 Å². The van der Waals surface area contributed by atoms with E-state index >= 15 is 0 Å². The minimum absolute atomic E-state index is 0.0251. The molecule has 0 aliphatic rings. The van der Waals surface area contributed by atoms with Crippen molar-refractivity contribution in [1.82, 2.24) is 0 Å². The lowest BCUT2D eigenvalue weighted by Gasteiger charge is -2.24. The molecular weight excluding hydrogens is 930 g/mol. The van der Waals surface area contributed by atoms with E-state index in [1.807, 2.05) is 21.1 Å². The molecule has 10 heteroatoms. The molecule has 73 heavy (non-hydrogen) atoms. The summed E-state index contributed by atoms with van der Waals surface area (Å²) in [6, 6.07) is 0. The first-order valence-corrected chi connectivity index (χ1v) is 31.0. The smallest absolute Gasteiger partial charge is 0.462 e. The summed E-state index contributed by atoms with van der Waals surface area (Å²) in [6.45, 7) is 4.31. The fourth-order valence-electron chi connectivity index (χ4n) is 7.85. The van der Waals surface area contributed by atoms with Crippen LogP contribution in [0.3, 0.4) is 0 Å². The van der Waals surface area contributed by atoms with Gasteiger partial charge < -0.3 is 18.9 Å². The van der Waals surface area contributed by atoms with Crippen molar-refractivity contribution in [2.24, 2.45) is 0 Å². The minimum Gasteiger partial charge on any atom is -0.462 e. The molecular formula is C63H111NO8P+. The highest BCUT2D eigenvalue weighted by Gasteiger charge is 2.27. The van der Waals surface area contributed by atoms with E-state index in [0.717, 1.165) is 109 Å². The van der Waals surface area contributed by atoms with Crippen molar-refractivity contribution >= 4 is 19.8 Å². The third kappa shape index (κ3) is 58.1. The van der Waals surface area contributed by atoms with Crippen molar-refractivity contribution in [3.63, 3.8) is 0 Å². The van der Waals surface area contributed by atoms with E-state index in [-0.39, 0.29) is 32.0 Å². The largest absolute Gasteiger partial charge is 0.472 e. The average molecular weight is 1040 g/mol. The number of allylic oxidation sites excluding steroid dienone is 16. The van der Waals surface area contributed by atoms with Gasteiger partial charge in [-0.25, -0.2) is 4.57 Å². The molecule has 0 aromatic heterocycles. The Morgan fingerprint density at radius 3 is 1.16 bits per heavy atom. The molecule has 0 aromatic carbocycles. The first-order valence-electron chi connectivity index (χ1n) is 29.5. The van der Waals surface area contributed by atoms with Crippen LogP contribution in [0.25, 0.3) is 0 Å². The molecule has 0 amide bonds. The van der Waals surface area contributed by atoms with Crippen LogP contribution in [0.5, 0.6) is 0 Å². The van der Waals surface area contributed by atoms with Gasteiger partial charge in [0.25, 0.3) is 0 Å². The number of rotatable bonds is 53. The summed E-state index contributed by atoms with van der Waals surface area (Å²) in [7, 11) is 1.46. The number of phosphoric ester groups is 1. The lowest BCUT2D eigenvalue weighted by atomic mass is 10.0. The maximum absolute atomic E-state index is 12.8. The van der Waals surface area contributed by atoms with Gasteiger partial charge in [-0.3, -0.25) is 18.6 Å². The van der Waals surface area contributed by atoms with Gasteiger partial charge in [-0.05, 0) is 77.0 Å². The van der Waals surface area contributed by atoms with Gasteiger partial charge in [-0.2, -0.15) is 0 Å². The van der Waals surface area contributed by atoms with Gasteiger partial charge in [-0.1, -0.05) is 246 Å². The van der Waals surface area contributed by atoms with Crippen molar-refractivity contribution in [2.45, 2.75) is 245 Å². The first kappa shape index (κ1) is 69.9. The number of unbranched alkanes of at least 4 members (excludes halogenated alkanes) is 23. The van der Waals surface area contributed by atoms with Crippen LogP contribution < -0.4 is 0 Å². The lowest BCUT2D eigenvalue weighted by Crippen LogP contribution is -2.37. The van der Waals surface area contributed by atoms with Crippen LogP contribution in [0.15, 0.2) is 97.2 Å². The molecule has 0 aliphatic carbocycles. The Morgan fingerprint density at radius 2 is 0.781 bits per heavy atom. The molecule has 9 nitrogen and oxygen atoms in total. The van der Waals surface area contributed by atoms with Gasteiger partial charge in [0.15, 0.2) is 6.10 Å². The number of ether oxygens (including phenoxy) is 2. The number of carbonyl (C=O) groups is 2. The van der Waals surface area contributed by atoms with Crippen LogP contribution in [-0.4, -0.2) is 74.9 Å². The summed E-state index contributed by atoms with van der Waals surface area (Å²) in [5.41, 5.74) is 0. The SMILES string of the molecule is CC/C=C\C/C=C\C/C=C\C/C=C\C/C=C\C/C=C\C/C=C\C/C=C\CCCCCCCCC(=O)OC(COC(=O)CCCCCCCCCCCCCCCCCCCC)COP(=O)(O)OCC[N+](C)(C)C. The van der Waals surface area contributed by atoms with E-state index in [9.17, 15) is 19.0 Å². The zero-order valence-corrected chi connectivity index (χ0v) is 48.5. The topological polar surface area (TPSA) is 108 Å². The Balaban J connectivity index is 4.22. The second-order valence-electron chi connectivity index (χ2n) is 20.7. The summed E-state index contributed by atoms with van der Waals surface area (Å²) in [4.78, 5) is 35.7. The Hall–Kier alpha value is -3.07. The standard InChI is InChI=1S/C63H110NO8P/c1-6-8-10-12-14-16-18-20-22-24-26-27-28-29-30-31-32-33-34-35-36-37-38-40-42-44-46-48-50-52-54-56-63(66)72-61(60-71-73(67,68)70-58-57-64(3,4)5)59-69-62(65)55-53-51-49-47-45-43-41-39-25-23-21-19-17-15-13-11-9-7-2/h8,10,14,16,20,22,26-27,29-30,32-33,35-36,38,40,61H,6-7,9,11-13,15,17-19,21,23-25,28,31,34,37,39,41-60H2,1-5H3/p+1/b10-8-,16-14-,22-20-,27-26-,30-29-,33-32-,36-35-,40-38-. The highest BCUT2D eigenvalue weighted by molar-refractivity contribution is 7.47. The summed E-state index contributed by atoms with van der Waals surface area (Å²) in [6.07, 6.45) is 73.3. The van der Waals surface area contributed by atoms with Crippen LogP contribution in [0.1, 0.15) is 239 Å². The lowest BCUT2D eigenvalue weighted by molar-refractivity contribution is -0.870. The maximum atomic E-state index is 12.8. The summed E-state index contributed by atoms with van der Waals surface area (Å²) in [5.74, 6) is -0.813. The van der Waals surface area contributed by atoms with Crippen LogP contribution in [0.2, 0.25) is 0 Å². The van der Waals surface area contributed by atoms with Crippen molar-refractivity contribution in [3.8, 4) is 0 Å². The second-order valence-corrected chi connectivity index (χ2v) is 22.1. The molecule has 0 aliphatic heterocycles. The Bertz CT molecular complexity index is 1550. The Morgan fingerprint density at radius 1 is 0.438 bits per heavy atom. The van der Waals surface area contributed by atoms with E-state index in [1.165, 1.54) is 96.3 Å². The number of esters is 2. The predicted octanol–water partition coefficient (Wildman–Crippen LogP) is 18.4. The fourth-order valence-corrected chi connectivity index (χ4v) is 8.60. The number of hydrogen-bond donors (Lipinski definition) is 1. The normalized spacial score (nSPS) is 14.0. The van der Waals surface area contributed by atoms with Gasteiger partial charge in [0.05, 0.1) is 27.7 Å². The van der Waals surface area contributed by atoms with Crippen molar-refractivity contribution in [2.75, 3.05) is 47.5 Å². The maximum Gasteiger partial charge on any atom is 0.472 e. The number of nitrogens with zero attached hydrogens (tertiary/aromatic N) is 1. The molecule has 1 N–H and O–H groups in total. The Labute approximate surface area is 449 Å². The average Bonchev–Trinajstić information content (AvgIpc) is 3.35. The van der Waals surface area contributed by atoms with Crippen LogP contribution in [0.4, 0.5) is 0 Å². The zero-order chi connectivity index (χ0) is 53.5. The Kier molecular flexibility index (Phi) is 51.5. The van der Waals surface area contributed by atoms with Crippen molar-refractivity contribution < 1.29 is 42.1 Å². The molecule has 0 spiro atoms. The van der Waals surface area contributed by atoms with Gasteiger partial charge in [0.2, 0.25) is 0 Å². The molecule has 0 fully saturated rings. The quantitative estimate of drug-likeness (QED) is 0.0211. The van der Waals surface area contributed by atoms with Gasteiger partial charge in [0, 0.05) is 12.8 Å². The number of carbonyl (C=O) groups excluding carboxylic acids is 2. The van der Waals surface area contributed by atoms with Gasteiger partial charge >= 0.3 is 19.8 Å². The molecule has 0 heterocycles. The number of phosphoric acid groups is 1. The van der Waals surface area contributed by atoms with Gasteiger partial charge in [0.1, 0.15) is 19.8 Å². The number of hydrogen-bond acceptors (Lipinski definition) is 7. The molecule has 0 bridgehead atoms. The highest BCUT2D eigenvalue weighted by atomic mass is 31.2. The van der Waals surface area contributed by atoms with Crippen LogP contribution in [0, 0.1) is 0 Å². The van der Waals surface area contributed by atoms with Crippen molar-refractivity contribution in [1.29, 1.82) is 0 Å². The monoisotopic (exact) mass is 1040 g/mol. The molecule has 420 valence electrons. The van der Waals surface area contributed by atoms with Crippen LogP contribution in [-0.2, 0) is 32.7 Å². The van der Waals surface area contributed by atoms with E-state index in [1.54, 1.807) is 0 Å². The minimum atomic E-state index is -4.39. The van der Waals surface area contributed by atoms with Gasteiger partial charge in [-0.15, -0.1) is 0 Å². The molecule has 0 radical (unpaired) electrons. The second kappa shape index (κ2) is 53.7. The van der Waals surface area contributed by atoms with E-state index in [0.29, 0.717) is 17.4 Å². The number of likely N-dealkylation sites (N-methyl/N-ethyl adjacent to an activating group) is 1. The van der Waals surface area contributed by atoms with E-state index < -0.39 is 26.5 Å². The molecule has 2 atom stereocenters. The molecule has 2 unspecified atom stereocenters. The van der Waals surface area contributed by atoms with Crippen LogP contribution >= 0.6 is 7.82 Å². The predicted molar refractivity (Wildman–Crippen MR) is 312 cm³/mol. The van der Waals surface area contributed by atoms with E-state index in [2.05, 4.69) is 111 Å². The third-order valence-electron chi connectivity index (χ3n) is 12.4. The summed E-state index contributed by atoms with van der Waals surface area (Å²) >= 11 is 0. The number of quaternary nitrogens is 1. The third-order valence-corrected chi connectivity index (χ3v) is 13.4. The molecule has 0 aromatic rings. The first-order chi connectivity index (χ1) is 35.5. The molecule has 0 saturated heterocycles. The summed E-state index contributed by atoms with van der Waals surface area (Å²) < 4.78 is 34.6. The molecule has 0 rings (SSSR count).